The number of benzene rings is 1. The minimum absolute atomic E-state index is 0.0306. The Morgan fingerprint density at radius 2 is 1.47 bits per heavy atom. The van der Waals surface area contributed by atoms with E-state index in [9.17, 15) is 43.3 Å². The van der Waals surface area contributed by atoms with Crippen LogP contribution in [0, 0.1) is 5.92 Å². The molecule has 6 amide bonds. The second-order valence-electron chi connectivity index (χ2n) is 20.5. The van der Waals surface area contributed by atoms with Crippen LogP contribution in [0.4, 0.5) is 0 Å². The average molecular weight is 1040 g/mol. The Labute approximate surface area is 425 Å². The molecule has 2 heterocycles. The lowest BCUT2D eigenvalue weighted by Crippen LogP contribution is -2.61. The van der Waals surface area contributed by atoms with E-state index in [1.165, 1.54) is 29.9 Å². The number of hydrogen-bond donors (Lipinski definition) is 8. The van der Waals surface area contributed by atoms with Gasteiger partial charge in [-0.1, -0.05) is 76.3 Å². The number of rotatable bonds is 34. The summed E-state index contributed by atoms with van der Waals surface area (Å²) in [5.41, 5.74) is 6.28. The van der Waals surface area contributed by atoms with Gasteiger partial charge in [0.05, 0.1) is 56.5 Å². The number of phosphoric ester groups is 1. The van der Waals surface area contributed by atoms with Crippen molar-refractivity contribution in [2.24, 2.45) is 11.7 Å². The molecule has 21 nitrogen and oxygen atoms in total. The average Bonchev–Trinajstić information content (AvgIpc) is 4.02. The second-order valence-corrected chi connectivity index (χ2v) is 21.9. The number of aliphatic hydroxyl groups is 1. The van der Waals surface area contributed by atoms with Crippen molar-refractivity contribution in [3.05, 3.63) is 54.1 Å². The van der Waals surface area contributed by atoms with E-state index in [1.807, 2.05) is 66.7 Å². The predicted octanol–water partition coefficient (Wildman–Crippen LogP) is 3.90. The highest BCUT2D eigenvalue weighted by molar-refractivity contribution is 7.47. The number of likely N-dealkylation sites (tertiary alicyclic amines) is 1. The predicted molar refractivity (Wildman–Crippen MR) is 270 cm³/mol. The quantitative estimate of drug-likeness (QED) is 0.0365. The van der Waals surface area contributed by atoms with Crippen LogP contribution >= 0.6 is 7.82 Å². The SMILES string of the molecule is CC(C)C[C@H](NC(=O)[C@@H]1CCCN1C(=O)CCOC(C)(C)COC(C)(C)C)C(=O)N[C@@H](Cc1cnc[nH]1)C(=O)N[C@@H](CO)C(=O)N[C@H](C(N)=O)[C@@H](C)OP(=O)(O)OCCCCCCCCCc1ccccc1. The molecule has 2 aromatic rings. The number of imidazole rings is 1. The molecule has 1 aliphatic heterocycles. The number of aromatic nitrogens is 2. The fourth-order valence-electron chi connectivity index (χ4n) is 7.98. The van der Waals surface area contributed by atoms with Crippen molar-refractivity contribution in [1.82, 2.24) is 36.1 Å². The molecular weight excluding hydrogens is 952 g/mol. The fraction of sp³-hybridized carbons (Fsp3) is 0.700. The highest BCUT2D eigenvalue weighted by Gasteiger charge is 2.38. The summed E-state index contributed by atoms with van der Waals surface area (Å²) in [6, 6.07) is 3.51. The molecule has 0 aliphatic carbocycles. The summed E-state index contributed by atoms with van der Waals surface area (Å²) in [6.45, 7) is 14.2. The lowest BCUT2D eigenvalue weighted by Gasteiger charge is -2.31. The van der Waals surface area contributed by atoms with Crippen LogP contribution in [0.2, 0.25) is 0 Å². The number of amides is 6. The first-order valence-corrected chi connectivity index (χ1v) is 26.8. The molecule has 0 radical (unpaired) electrons. The summed E-state index contributed by atoms with van der Waals surface area (Å²) in [5.74, 6) is -4.83. The Balaban J connectivity index is 1.57. The maximum Gasteiger partial charge on any atom is 0.472 e. The van der Waals surface area contributed by atoms with Gasteiger partial charge in [-0.3, -0.25) is 37.8 Å². The number of phosphoric acid groups is 1. The third-order valence-electron chi connectivity index (χ3n) is 11.9. The Hall–Kier alpha value is -4.76. The summed E-state index contributed by atoms with van der Waals surface area (Å²) in [6.07, 6.45) is 9.78. The summed E-state index contributed by atoms with van der Waals surface area (Å²) in [5, 5.41) is 20.4. The monoisotopic (exact) mass is 1030 g/mol. The molecule has 406 valence electrons. The number of nitrogens with one attached hydrogen (secondary N) is 5. The van der Waals surface area contributed by atoms with Crippen molar-refractivity contribution < 1.29 is 61.9 Å². The van der Waals surface area contributed by atoms with E-state index < -0.39 is 85.9 Å². The first-order valence-electron chi connectivity index (χ1n) is 25.3. The number of carbonyl (C=O) groups is 6. The summed E-state index contributed by atoms with van der Waals surface area (Å²) >= 11 is 0. The van der Waals surface area contributed by atoms with Gasteiger partial charge in [0.2, 0.25) is 35.4 Å². The second kappa shape index (κ2) is 30.4. The minimum atomic E-state index is -4.73. The van der Waals surface area contributed by atoms with Crippen molar-refractivity contribution in [1.29, 1.82) is 0 Å². The zero-order chi connectivity index (χ0) is 53.5. The van der Waals surface area contributed by atoms with Gasteiger partial charge in [0.25, 0.3) is 0 Å². The van der Waals surface area contributed by atoms with Crippen molar-refractivity contribution >= 4 is 43.3 Å². The molecule has 9 N–H and O–H groups in total. The Morgan fingerprint density at radius 3 is 2.08 bits per heavy atom. The van der Waals surface area contributed by atoms with Crippen LogP contribution in [0.5, 0.6) is 0 Å². The zero-order valence-corrected chi connectivity index (χ0v) is 44.5. The molecular formula is C50H83N8O13P. The highest BCUT2D eigenvalue weighted by atomic mass is 31.2. The lowest BCUT2D eigenvalue weighted by molar-refractivity contribution is -0.143. The van der Waals surface area contributed by atoms with Gasteiger partial charge >= 0.3 is 7.82 Å². The molecule has 3 rings (SSSR count). The van der Waals surface area contributed by atoms with Gasteiger partial charge < -0.3 is 56.4 Å². The maximum absolute atomic E-state index is 14.0. The summed E-state index contributed by atoms with van der Waals surface area (Å²) < 4.78 is 35.0. The van der Waals surface area contributed by atoms with Gasteiger partial charge in [-0.25, -0.2) is 9.55 Å². The van der Waals surface area contributed by atoms with Crippen molar-refractivity contribution in [2.45, 2.75) is 186 Å². The van der Waals surface area contributed by atoms with Crippen LogP contribution in [-0.2, 0) is 64.7 Å². The van der Waals surface area contributed by atoms with E-state index in [-0.39, 0.29) is 49.9 Å². The van der Waals surface area contributed by atoms with Crippen LogP contribution < -0.4 is 27.0 Å². The van der Waals surface area contributed by atoms with Gasteiger partial charge in [0.15, 0.2) is 0 Å². The number of hydrogen-bond acceptors (Lipinski definition) is 13. The van der Waals surface area contributed by atoms with Crippen LogP contribution in [0.3, 0.4) is 0 Å². The maximum atomic E-state index is 14.0. The van der Waals surface area contributed by atoms with E-state index in [1.54, 1.807) is 0 Å². The van der Waals surface area contributed by atoms with E-state index >= 15 is 0 Å². The Morgan fingerprint density at radius 1 is 0.847 bits per heavy atom. The standard InChI is InChI=1S/C50H83N8O13P/c1-34(2)28-38(55-48(65)41-23-19-25-58(41)42(60)24-27-68-50(7,8)32-69-49(4,5)6)45(62)54-39(29-37-30-52-33-53-37)46(63)56-40(31-59)47(64)57-43(44(51)61)35(3)71-72(66,67)70-26-18-13-11-9-10-12-15-20-36-21-16-14-17-22-36/h14,16-17,21-22,30,33-35,38-41,43,59H,9-13,15,18-20,23-29,31-32H2,1-8H3,(H2,51,61)(H,52,53)(H,54,62)(H,55,65)(H,56,63)(H,57,64)(H,66,67)/t35-,38+,39+,40+,41+,43+/m1/s1. The number of carbonyl (C=O) groups excluding carboxylic acids is 6. The molecule has 0 spiro atoms. The van der Waals surface area contributed by atoms with Crippen LogP contribution in [0.1, 0.15) is 137 Å². The smallest absolute Gasteiger partial charge is 0.394 e. The zero-order valence-electron chi connectivity index (χ0n) is 43.6. The molecule has 1 aromatic carbocycles. The summed E-state index contributed by atoms with van der Waals surface area (Å²) in [4.78, 5) is 99.9. The highest BCUT2D eigenvalue weighted by Crippen LogP contribution is 2.45. The number of primary amides is 1. The largest absolute Gasteiger partial charge is 0.472 e. The topological polar surface area (TPSA) is 303 Å². The van der Waals surface area contributed by atoms with E-state index in [0.717, 1.165) is 44.9 Å². The first-order chi connectivity index (χ1) is 33.9. The number of H-pyrrole nitrogens is 1. The molecule has 1 fully saturated rings. The van der Waals surface area contributed by atoms with Gasteiger partial charge in [-0.2, -0.15) is 0 Å². The molecule has 0 bridgehead atoms. The molecule has 0 saturated carbocycles. The number of aryl methyl sites for hydroxylation is 1. The summed E-state index contributed by atoms with van der Waals surface area (Å²) in [7, 11) is -4.73. The molecule has 1 aliphatic rings. The number of unbranched alkanes of at least 4 members (excludes halogenated alkanes) is 6. The van der Waals surface area contributed by atoms with Gasteiger partial charge in [0, 0.05) is 24.9 Å². The van der Waals surface area contributed by atoms with Crippen LogP contribution in [-0.4, -0.2) is 141 Å². The number of nitrogens with two attached hydrogens (primary N) is 1. The van der Waals surface area contributed by atoms with E-state index in [4.69, 9.17) is 24.3 Å². The third kappa shape index (κ3) is 23.4. The van der Waals surface area contributed by atoms with E-state index in [0.29, 0.717) is 38.1 Å². The van der Waals surface area contributed by atoms with Crippen molar-refractivity contribution in [3.63, 3.8) is 0 Å². The molecule has 1 unspecified atom stereocenters. The third-order valence-corrected chi connectivity index (χ3v) is 13.0. The van der Waals surface area contributed by atoms with Crippen LogP contribution in [0.25, 0.3) is 0 Å². The Kier molecular flexibility index (Phi) is 26.0. The molecule has 22 heteroatoms. The number of aromatic amines is 1. The van der Waals surface area contributed by atoms with E-state index in [2.05, 4.69) is 43.4 Å². The Bertz CT molecular complexity index is 2040. The van der Waals surface area contributed by atoms with Gasteiger partial charge in [0.1, 0.15) is 30.2 Å². The number of nitrogens with zero attached hydrogens (tertiary/aromatic N) is 2. The van der Waals surface area contributed by atoms with Crippen LogP contribution in [0.15, 0.2) is 42.9 Å². The molecule has 1 aromatic heterocycles. The van der Waals surface area contributed by atoms with Crippen molar-refractivity contribution in [2.75, 3.05) is 33.0 Å². The molecule has 1 saturated heterocycles. The lowest BCUT2D eigenvalue weighted by atomic mass is 10.0. The first kappa shape index (κ1) is 61.5. The molecule has 7 atom stereocenters. The fourth-order valence-corrected chi connectivity index (χ4v) is 8.94. The van der Waals surface area contributed by atoms with Gasteiger partial charge in [-0.05, 0) is 91.5 Å². The number of ether oxygens (including phenoxy) is 2. The van der Waals surface area contributed by atoms with Crippen molar-refractivity contribution in [3.8, 4) is 0 Å². The molecule has 72 heavy (non-hydrogen) atoms. The normalized spacial score (nSPS) is 17.0. The minimum Gasteiger partial charge on any atom is -0.394 e. The number of aliphatic hydroxyl groups excluding tert-OH is 1. The van der Waals surface area contributed by atoms with Gasteiger partial charge in [-0.15, -0.1) is 0 Å².